The molecule has 0 bridgehead atoms. The molecule has 0 N–H and O–H groups in total. The molecule has 0 radical (unpaired) electrons. The van der Waals surface area contributed by atoms with E-state index >= 15 is 0 Å². The van der Waals surface area contributed by atoms with Crippen LogP contribution in [0.4, 0.5) is 0 Å². The third kappa shape index (κ3) is 15.2. The molecule has 3 aliphatic heterocycles. The van der Waals surface area contributed by atoms with Crippen LogP contribution < -0.4 is 0 Å². The molecule has 15 atom stereocenters. The summed E-state index contributed by atoms with van der Waals surface area (Å²) >= 11 is 0. The average molecular weight is 980 g/mol. The van der Waals surface area contributed by atoms with Gasteiger partial charge in [-0.25, -0.2) is 9.59 Å². The highest BCUT2D eigenvalue weighted by Crippen LogP contribution is 2.38. The molecule has 23 heteroatoms. The van der Waals surface area contributed by atoms with E-state index in [1.807, 2.05) is 13.8 Å². The lowest BCUT2D eigenvalue weighted by molar-refractivity contribution is -0.376. The number of ether oxygens (including phenoxy) is 11. The number of rotatable bonds is 26. The van der Waals surface area contributed by atoms with E-state index < -0.39 is 104 Å². The van der Waals surface area contributed by atoms with Gasteiger partial charge in [-0.05, 0) is 87.3 Å². The molecule has 6 unspecified atom stereocenters. The van der Waals surface area contributed by atoms with Gasteiger partial charge in [0.25, 0.3) is 0 Å². The first-order valence-electron chi connectivity index (χ1n) is 23.8. The van der Waals surface area contributed by atoms with Crippen LogP contribution in [0, 0.1) is 0 Å². The van der Waals surface area contributed by atoms with Crippen molar-refractivity contribution in [3.8, 4) is 0 Å². The molecule has 70 heavy (non-hydrogen) atoms. The summed E-state index contributed by atoms with van der Waals surface area (Å²) in [5, 5.41) is 12.1. The first-order chi connectivity index (χ1) is 34.0. The van der Waals surface area contributed by atoms with E-state index in [4.69, 9.17) is 52.1 Å². The molecule has 0 amide bonds. The Bertz CT molecular complexity index is 2090. The molecule has 2 aromatic rings. The van der Waals surface area contributed by atoms with Crippen LogP contribution in [0.3, 0.4) is 0 Å². The van der Waals surface area contributed by atoms with Crippen molar-refractivity contribution in [1.82, 2.24) is 0 Å². The smallest absolute Gasteiger partial charge is 0.338 e. The summed E-state index contributed by atoms with van der Waals surface area (Å²) in [4.78, 5) is 48.9. The highest BCUT2D eigenvalue weighted by molar-refractivity contribution is 5.90. The van der Waals surface area contributed by atoms with Crippen molar-refractivity contribution < 1.29 is 66.5 Å². The molecule has 3 aliphatic rings. The Morgan fingerprint density at radius 2 is 0.943 bits per heavy atom. The van der Waals surface area contributed by atoms with Crippen LogP contribution in [0.25, 0.3) is 31.3 Å². The van der Waals surface area contributed by atoms with E-state index in [1.165, 1.54) is 31.4 Å². The summed E-state index contributed by atoms with van der Waals surface area (Å²) in [5.74, 6) is -1.99. The number of hydrogen-bond acceptors (Lipinski definition) is 17. The van der Waals surface area contributed by atoms with Crippen molar-refractivity contribution >= 4 is 17.9 Å². The zero-order valence-electron chi connectivity index (χ0n) is 40.5. The fraction of sp³-hybridized carbons (Fsp3) is 0.681. The minimum Gasteiger partial charge on any atom is -0.469 e. The van der Waals surface area contributed by atoms with Crippen LogP contribution in [0.5, 0.6) is 0 Å². The number of unbranched alkanes of at least 4 members (excludes halogenated alkanes) is 4. The Morgan fingerprint density at radius 3 is 1.40 bits per heavy atom. The number of esters is 3. The highest BCUT2D eigenvalue weighted by atomic mass is 16.8. The van der Waals surface area contributed by atoms with Crippen LogP contribution in [0.1, 0.15) is 107 Å². The molecule has 3 saturated heterocycles. The lowest BCUT2D eigenvalue weighted by Gasteiger charge is -2.50. The van der Waals surface area contributed by atoms with Crippen LogP contribution in [-0.2, 0) is 56.9 Å². The second kappa shape index (κ2) is 29.0. The number of carbonyl (C=O) groups is 3. The molecule has 3 heterocycles. The summed E-state index contributed by atoms with van der Waals surface area (Å²) < 4.78 is 69.7. The van der Waals surface area contributed by atoms with Crippen LogP contribution in [0.15, 0.2) is 76.0 Å². The Kier molecular flexibility index (Phi) is 22.9. The Balaban J connectivity index is 1.61. The fourth-order valence-electron chi connectivity index (χ4n) is 8.32. The quantitative estimate of drug-likeness (QED) is 0.0213. The van der Waals surface area contributed by atoms with Gasteiger partial charge in [-0.3, -0.25) is 4.79 Å². The van der Waals surface area contributed by atoms with Gasteiger partial charge in [0, 0.05) is 41.0 Å². The summed E-state index contributed by atoms with van der Waals surface area (Å²) in [6.07, 6.45) is -9.91. The standard InChI is InChI=1S/C47H65N9O14/c1-7-9-25-61-37-34(51-54-48)28(3)64-45(63-27-19-13-18-24-33(57)60-6)40(37)69-46-41(38(62-26-10-8-2)35(52-55-49)29(4)65-46)70-47-42(68-44(59)32-22-16-12-17-23-32)39(36(53-56-50)30(5)66-47)67-43(58)31-20-14-11-15-21-31/h11-12,14-17,20-23,28-30,34-42,45-47H,7-10,13,18-19,24-27H2,1-6H3/t28?,29?,30?,34-,35-,36-,37?,38?,39?,40-,41-,42-,45+,46-,47-/m1/s1. The maximum absolute atomic E-state index is 14.0. The van der Waals surface area contributed by atoms with E-state index in [9.17, 15) is 31.0 Å². The van der Waals surface area contributed by atoms with E-state index in [0.29, 0.717) is 32.1 Å². The Hall–Kier alpha value is -5.54. The molecule has 0 spiro atoms. The Morgan fingerprint density at radius 1 is 0.529 bits per heavy atom. The molecule has 0 saturated carbocycles. The van der Waals surface area contributed by atoms with Crippen molar-refractivity contribution in [2.75, 3.05) is 26.9 Å². The molecule has 2 aromatic carbocycles. The van der Waals surface area contributed by atoms with E-state index in [1.54, 1.807) is 57.2 Å². The van der Waals surface area contributed by atoms with Gasteiger partial charge in [0.15, 0.2) is 31.1 Å². The van der Waals surface area contributed by atoms with Gasteiger partial charge in [-0.15, -0.1) is 0 Å². The largest absolute Gasteiger partial charge is 0.469 e. The Labute approximate surface area is 406 Å². The van der Waals surface area contributed by atoms with Crippen LogP contribution in [0.2, 0.25) is 0 Å². The van der Waals surface area contributed by atoms with Crippen LogP contribution >= 0.6 is 0 Å². The van der Waals surface area contributed by atoms with E-state index in [2.05, 4.69) is 30.1 Å². The minimum atomic E-state index is -1.63. The summed E-state index contributed by atoms with van der Waals surface area (Å²) in [7, 11) is 1.34. The number of hydrogen-bond donors (Lipinski definition) is 0. The van der Waals surface area contributed by atoms with E-state index in [-0.39, 0.29) is 43.3 Å². The van der Waals surface area contributed by atoms with Gasteiger partial charge in [0.2, 0.25) is 0 Å². The van der Waals surface area contributed by atoms with Gasteiger partial charge < -0.3 is 52.1 Å². The minimum absolute atomic E-state index is 0.137. The predicted octanol–water partition coefficient (Wildman–Crippen LogP) is 8.60. The third-order valence-corrected chi connectivity index (χ3v) is 12.1. The van der Waals surface area contributed by atoms with Gasteiger partial charge in [-0.2, -0.15) is 0 Å². The maximum Gasteiger partial charge on any atom is 0.338 e. The summed E-state index contributed by atoms with van der Waals surface area (Å²) in [6.45, 7) is 9.56. The van der Waals surface area contributed by atoms with Gasteiger partial charge in [-0.1, -0.05) is 84.9 Å². The number of methoxy groups -OCH3 is 1. The SMILES string of the molecule is CCCCOC1[C@H](N=[N+]=[N-])C(C)O[C@H](O[C@@H]2C(OCCCC)[C@H](N=[N+]=[N-])C(C)O[C@@H]2OCCCCCC(=O)OC)[C@@H]1O[C@H]1OC(C)[C@@H](N=[N+]=[N-])C(OC(=O)c2ccccc2)[C@H]1OC(=O)c1ccccc1. The summed E-state index contributed by atoms with van der Waals surface area (Å²) in [6, 6.07) is 12.9. The molecule has 0 aliphatic carbocycles. The van der Waals surface area contributed by atoms with Crippen molar-refractivity contribution in [2.24, 2.45) is 15.3 Å². The molecular weight excluding hydrogens is 915 g/mol. The van der Waals surface area contributed by atoms with Gasteiger partial charge in [0.05, 0.1) is 60.8 Å². The van der Waals surface area contributed by atoms with Crippen molar-refractivity contribution in [3.05, 3.63) is 103 Å². The molecular formula is C47H65N9O14. The third-order valence-electron chi connectivity index (χ3n) is 12.1. The lowest BCUT2D eigenvalue weighted by Crippen LogP contribution is -2.66. The molecule has 5 rings (SSSR count). The topological polar surface area (TPSA) is 299 Å². The first kappa shape index (κ1) is 55.4. The highest BCUT2D eigenvalue weighted by Gasteiger charge is 2.56. The molecule has 382 valence electrons. The predicted molar refractivity (Wildman–Crippen MR) is 249 cm³/mol. The number of carbonyl (C=O) groups excluding carboxylic acids is 3. The van der Waals surface area contributed by atoms with Crippen molar-refractivity contribution in [2.45, 2.75) is 178 Å². The zero-order valence-corrected chi connectivity index (χ0v) is 40.5. The average Bonchev–Trinajstić information content (AvgIpc) is 3.36. The monoisotopic (exact) mass is 979 g/mol. The normalized spacial score (nSPS) is 30.6. The lowest BCUT2D eigenvalue weighted by atomic mass is 9.94. The van der Waals surface area contributed by atoms with E-state index in [0.717, 1.165) is 12.8 Å². The number of benzene rings is 2. The molecule has 3 fully saturated rings. The first-order valence-corrected chi connectivity index (χ1v) is 23.8. The van der Waals surface area contributed by atoms with Crippen molar-refractivity contribution in [1.29, 1.82) is 0 Å². The zero-order chi connectivity index (χ0) is 50.4. The molecule has 23 nitrogen and oxygen atoms in total. The fourth-order valence-corrected chi connectivity index (χ4v) is 8.32. The molecule has 0 aromatic heterocycles. The van der Waals surface area contributed by atoms with Crippen LogP contribution in [-0.4, -0.2) is 137 Å². The van der Waals surface area contributed by atoms with Crippen molar-refractivity contribution in [3.63, 3.8) is 0 Å². The summed E-state index contributed by atoms with van der Waals surface area (Å²) in [5.41, 5.74) is 29.7. The number of azide groups is 3. The maximum atomic E-state index is 14.0. The van der Waals surface area contributed by atoms with Gasteiger partial charge in [0.1, 0.15) is 18.2 Å². The second-order valence-corrected chi connectivity index (χ2v) is 17.0. The second-order valence-electron chi connectivity index (χ2n) is 17.0. The van der Waals surface area contributed by atoms with Gasteiger partial charge >= 0.3 is 17.9 Å². The number of nitrogens with zero attached hydrogens (tertiary/aromatic N) is 9.